The Bertz CT molecular complexity index is 1010. The van der Waals surface area contributed by atoms with Crippen molar-refractivity contribution < 1.29 is 24.2 Å². The molecule has 1 amide bonds. The number of phenolic OH excluding ortho intramolecular Hbond substituents is 1. The number of nitrogens with one attached hydrogen (secondary N) is 1. The molecule has 0 saturated carbocycles. The quantitative estimate of drug-likeness (QED) is 0.603. The fourth-order valence-corrected chi connectivity index (χ4v) is 6.07. The molecule has 3 atom stereocenters. The minimum absolute atomic E-state index is 0.00278. The Hall–Kier alpha value is -2.96. The molecule has 2 N–H and O–H groups in total. The van der Waals surface area contributed by atoms with E-state index in [9.17, 15) is 14.7 Å². The first-order valence-electron chi connectivity index (χ1n) is 9.92. The summed E-state index contributed by atoms with van der Waals surface area (Å²) in [6.07, 6.45) is 5.60. The van der Waals surface area contributed by atoms with Gasteiger partial charge in [-0.3, -0.25) is 4.79 Å². The van der Waals surface area contributed by atoms with Gasteiger partial charge in [0, 0.05) is 29.4 Å². The monoisotopic (exact) mass is 396 g/mol. The molecule has 1 fully saturated rings. The van der Waals surface area contributed by atoms with E-state index in [4.69, 9.17) is 9.47 Å². The van der Waals surface area contributed by atoms with Gasteiger partial charge in [-0.15, -0.1) is 0 Å². The highest BCUT2D eigenvalue weighted by atomic mass is 16.5. The number of phenols is 1. The van der Waals surface area contributed by atoms with Crippen molar-refractivity contribution in [3.63, 3.8) is 0 Å². The van der Waals surface area contributed by atoms with E-state index in [0.29, 0.717) is 30.7 Å². The van der Waals surface area contributed by atoms with Gasteiger partial charge in [0.05, 0.1) is 31.2 Å². The van der Waals surface area contributed by atoms with Gasteiger partial charge in [0.2, 0.25) is 5.91 Å². The molecular formula is C22H24N2O5. The molecule has 3 aliphatic heterocycles. The Labute approximate surface area is 169 Å². The van der Waals surface area contributed by atoms with Gasteiger partial charge in [0.25, 0.3) is 0 Å². The molecule has 152 valence electrons. The normalized spacial score (nSPS) is 31.2. The number of hydrogen-bond donors (Lipinski definition) is 2. The van der Waals surface area contributed by atoms with Crippen LogP contribution in [0.1, 0.15) is 31.7 Å². The van der Waals surface area contributed by atoms with Gasteiger partial charge >= 0.3 is 5.97 Å². The lowest BCUT2D eigenvalue weighted by molar-refractivity contribution is -0.137. The van der Waals surface area contributed by atoms with Gasteiger partial charge < -0.3 is 24.8 Å². The third-order valence-corrected chi connectivity index (χ3v) is 7.31. The third kappa shape index (κ3) is 2.02. The van der Waals surface area contributed by atoms with Gasteiger partial charge in [0.1, 0.15) is 0 Å². The van der Waals surface area contributed by atoms with Crippen LogP contribution in [0.2, 0.25) is 0 Å². The summed E-state index contributed by atoms with van der Waals surface area (Å²) in [6, 6.07) is 3.36. The number of carbonyl (C=O) groups is 2. The topological polar surface area (TPSA) is 88.1 Å². The minimum Gasteiger partial charge on any atom is -0.504 e. The number of fused-ring (bicyclic) bond motifs is 1. The fraction of sp³-hybridized carbons (Fsp3) is 0.455. The number of esters is 1. The van der Waals surface area contributed by atoms with Crippen molar-refractivity contribution in [2.45, 2.75) is 37.6 Å². The number of benzene rings is 1. The van der Waals surface area contributed by atoms with E-state index in [1.165, 1.54) is 14.2 Å². The summed E-state index contributed by atoms with van der Waals surface area (Å²) in [4.78, 5) is 27.5. The Morgan fingerprint density at radius 2 is 2.17 bits per heavy atom. The van der Waals surface area contributed by atoms with E-state index in [2.05, 4.69) is 12.2 Å². The summed E-state index contributed by atoms with van der Waals surface area (Å²) in [7, 11) is 2.90. The maximum absolute atomic E-state index is 12.8. The predicted molar refractivity (Wildman–Crippen MR) is 106 cm³/mol. The first kappa shape index (κ1) is 18.1. The highest BCUT2D eigenvalue weighted by Crippen LogP contribution is 2.65. The van der Waals surface area contributed by atoms with Crippen molar-refractivity contribution in [1.29, 1.82) is 0 Å². The molecule has 1 aromatic rings. The predicted octanol–water partition coefficient (Wildman–Crippen LogP) is 2.46. The second-order valence-electron chi connectivity index (χ2n) is 8.29. The molecule has 7 nitrogen and oxygen atoms in total. The summed E-state index contributed by atoms with van der Waals surface area (Å²) in [5, 5.41) is 14.0. The van der Waals surface area contributed by atoms with E-state index < -0.39 is 5.41 Å². The maximum atomic E-state index is 12.8. The van der Waals surface area contributed by atoms with Crippen molar-refractivity contribution in [3.8, 4) is 11.5 Å². The Morgan fingerprint density at radius 3 is 2.86 bits per heavy atom. The second kappa shape index (κ2) is 5.78. The molecule has 1 saturated heterocycles. The number of carbonyl (C=O) groups excluding carboxylic acids is 2. The molecule has 7 heteroatoms. The first-order chi connectivity index (χ1) is 13.9. The van der Waals surface area contributed by atoms with Crippen LogP contribution in [0.4, 0.5) is 5.69 Å². The molecular weight excluding hydrogens is 372 g/mol. The zero-order chi connectivity index (χ0) is 20.6. The summed E-state index contributed by atoms with van der Waals surface area (Å²) in [5.41, 5.74) is 2.16. The van der Waals surface area contributed by atoms with Crippen molar-refractivity contribution in [3.05, 3.63) is 41.1 Å². The lowest BCUT2D eigenvalue weighted by Gasteiger charge is -2.53. The highest BCUT2D eigenvalue weighted by molar-refractivity contribution is 5.96. The number of ether oxygens (including phenoxy) is 2. The van der Waals surface area contributed by atoms with Gasteiger partial charge in [-0.25, -0.2) is 4.79 Å². The zero-order valence-electron chi connectivity index (χ0n) is 16.7. The minimum atomic E-state index is -0.586. The van der Waals surface area contributed by atoms with Crippen molar-refractivity contribution in [1.82, 2.24) is 4.90 Å². The van der Waals surface area contributed by atoms with Crippen LogP contribution in [0.5, 0.6) is 11.5 Å². The number of nitrogens with zero attached hydrogens (tertiary/aromatic N) is 1. The number of anilines is 1. The summed E-state index contributed by atoms with van der Waals surface area (Å²) in [5.74, 6) is 0.0590. The van der Waals surface area contributed by atoms with Crippen LogP contribution >= 0.6 is 0 Å². The van der Waals surface area contributed by atoms with Crippen molar-refractivity contribution >= 4 is 17.6 Å². The molecule has 0 radical (unpaired) electrons. The average Bonchev–Trinajstić information content (AvgIpc) is 3.29. The standard InChI is InChI=1S/C22H24N2O5/c1-4-21-6-5-17(26)24-8-7-22(20(21)24)13-9-15(25)16(28-2)10-14(13)23-18(22)12(11-21)19(27)29-3/h5-6,9-10,20,23,25H,4,7-8,11H2,1-3H3/t20-,21-,22-/m0/s1. The molecule has 0 bridgehead atoms. The maximum Gasteiger partial charge on any atom is 0.335 e. The largest absolute Gasteiger partial charge is 0.504 e. The van der Waals surface area contributed by atoms with E-state index in [-0.39, 0.29) is 29.1 Å². The van der Waals surface area contributed by atoms with E-state index in [1.54, 1.807) is 18.2 Å². The molecule has 0 aromatic heterocycles. The molecule has 1 spiro atoms. The van der Waals surface area contributed by atoms with Crippen LogP contribution in [-0.4, -0.2) is 48.7 Å². The number of hydrogen-bond acceptors (Lipinski definition) is 6. The fourth-order valence-electron chi connectivity index (χ4n) is 6.07. The van der Waals surface area contributed by atoms with Crippen LogP contribution in [-0.2, 0) is 19.7 Å². The van der Waals surface area contributed by atoms with Crippen LogP contribution in [0.15, 0.2) is 35.6 Å². The van der Waals surface area contributed by atoms with E-state index in [0.717, 1.165) is 23.4 Å². The number of amides is 1. The molecule has 0 unspecified atom stereocenters. The van der Waals surface area contributed by atoms with Crippen LogP contribution < -0.4 is 10.1 Å². The first-order valence-corrected chi connectivity index (χ1v) is 9.92. The summed E-state index contributed by atoms with van der Waals surface area (Å²) >= 11 is 0. The molecule has 4 aliphatic rings. The average molecular weight is 396 g/mol. The van der Waals surface area contributed by atoms with Gasteiger partial charge in [-0.2, -0.15) is 0 Å². The summed E-state index contributed by atoms with van der Waals surface area (Å²) < 4.78 is 10.4. The van der Waals surface area contributed by atoms with Crippen LogP contribution in [0.25, 0.3) is 0 Å². The SMILES string of the molecule is CC[C@]12C=CC(=O)N3CC[C@]4(C(=C(C(=O)OC)C1)Nc1cc(OC)c(O)cc14)[C@@H]32. The Morgan fingerprint density at radius 1 is 1.38 bits per heavy atom. The van der Waals surface area contributed by atoms with Gasteiger partial charge in [0.15, 0.2) is 11.5 Å². The number of methoxy groups -OCH3 is 2. The van der Waals surface area contributed by atoms with Crippen molar-refractivity contribution in [2.75, 3.05) is 26.1 Å². The number of rotatable bonds is 3. The van der Waals surface area contributed by atoms with E-state index >= 15 is 0 Å². The molecule has 3 heterocycles. The van der Waals surface area contributed by atoms with Crippen LogP contribution in [0, 0.1) is 5.41 Å². The molecule has 1 aromatic carbocycles. The van der Waals surface area contributed by atoms with Crippen LogP contribution in [0.3, 0.4) is 0 Å². The van der Waals surface area contributed by atoms with E-state index in [1.807, 2.05) is 11.0 Å². The van der Waals surface area contributed by atoms with Crippen molar-refractivity contribution in [2.24, 2.45) is 5.41 Å². The Balaban J connectivity index is 1.84. The lowest BCUT2D eigenvalue weighted by Crippen LogP contribution is -2.59. The zero-order valence-corrected chi connectivity index (χ0v) is 16.7. The molecule has 1 aliphatic carbocycles. The highest BCUT2D eigenvalue weighted by Gasteiger charge is 2.66. The van der Waals surface area contributed by atoms with Gasteiger partial charge in [-0.05, 0) is 37.0 Å². The number of aromatic hydroxyl groups is 1. The van der Waals surface area contributed by atoms with Gasteiger partial charge in [-0.1, -0.05) is 13.0 Å². The smallest absolute Gasteiger partial charge is 0.335 e. The summed E-state index contributed by atoms with van der Waals surface area (Å²) in [6.45, 7) is 2.69. The second-order valence-corrected chi connectivity index (χ2v) is 8.29. The lowest BCUT2D eigenvalue weighted by atomic mass is 9.55. The molecule has 5 rings (SSSR count). The third-order valence-electron chi connectivity index (χ3n) is 7.31. The Kier molecular flexibility index (Phi) is 3.61. The molecule has 29 heavy (non-hydrogen) atoms.